The summed E-state index contributed by atoms with van der Waals surface area (Å²) >= 11 is 0. The fraction of sp³-hybridized carbons (Fsp3) is 0.143. The Kier molecular flexibility index (Phi) is 3.77. The molecule has 2 rings (SSSR count). The van der Waals surface area contributed by atoms with Crippen molar-refractivity contribution >= 4 is 5.69 Å². The highest BCUT2D eigenvalue weighted by Gasteiger charge is 2.11. The summed E-state index contributed by atoms with van der Waals surface area (Å²) in [7, 11) is 1.57. The second kappa shape index (κ2) is 5.49. The van der Waals surface area contributed by atoms with E-state index in [1.807, 2.05) is 24.3 Å². The number of hydrogen-bond donors (Lipinski definition) is 1. The van der Waals surface area contributed by atoms with E-state index in [-0.39, 0.29) is 5.69 Å². The zero-order valence-electron chi connectivity index (χ0n) is 10.5. The average Bonchev–Trinajstić information content (AvgIpc) is 2.46. The topological polar surface area (TPSA) is 78.4 Å². The van der Waals surface area contributed by atoms with Crippen LogP contribution >= 0.6 is 0 Å². The van der Waals surface area contributed by atoms with E-state index in [0.29, 0.717) is 12.3 Å². The minimum Gasteiger partial charge on any atom is -0.496 e. The molecule has 0 amide bonds. The van der Waals surface area contributed by atoms with Crippen molar-refractivity contribution in [2.75, 3.05) is 7.11 Å². The molecule has 5 heteroatoms. The summed E-state index contributed by atoms with van der Waals surface area (Å²) in [5.74, 6) is 0.665. The molecule has 0 saturated carbocycles. The highest BCUT2D eigenvalue weighted by Crippen LogP contribution is 2.32. The Bertz CT molecular complexity index is 611. The lowest BCUT2D eigenvalue weighted by Gasteiger charge is -2.10. The Balaban J connectivity index is 2.56. The van der Waals surface area contributed by atoms with E-state index in [1.165, 1.54) is 12.1 Å². The van der Waals surface area contributed by atoms with Crippen LogP contribution in [0.5, 0.6) is 5.75 Å². The van der Waals surface area contributed by atoms with Crippen molar-refractivity contribution in [3.63, 3.8) is 0 Å². The average molecular weight is 258 g/mol. The van der Waals surface area contributed by atoms with Crippen LogP contribution in [0.25, 0.3) is 11.1 Å². The number of nitrogens with two attached hydrogens (primary N) is 1. The smallest absolute Gasteiger partial charge is 0.270 e. The predicted molar refractivity (Wildman–Crippen MR) is 73.0 cm³/mol. The molecule has 0 aliphatic rings. The molecule has 2 aromatic rings. The Morgan fingerprint density at radius 1 is 1.26 bits per heavy atom. The molecule has 2 N–H and O–H groups in total. The summed E-state index contributed by atoms with van der Waals surface area (Å²) in [4.78, 5) is 10.4. The molecule has 0 atom stereocenters. The van der Waals surface area contributed by atoms with Gasteiger partial charge in [0.25, 0.3) is 5.69 Å². The quantitative estimate of drug-likeness (QED) is 0.675. The van der Waals surface area contributed by atoms with Gasteiger partial charge in [-0.25, -0.2) is 0 Å². The lowest BCUT2D eigenvalue weighted by molar-refractivity contribution is -0.384. The first-order valence-corrected chi connectivity index (χ1v) is 5.77. The molecular formula is C14H14N2O3. The fourth-order valence-corrected chi connectivity index (χ4v) is 1.89. The summed E-state index contributed by atoms with van der Waals surface area (Å²) in [6.45, 7) is 0.409. The van der Waals surface area contributed by atoms with Crippen molar-refractivity contribution in [3.05, 3.63) is 58.1 Å². The van der Waals surface area contributed by atoms with Crippen molar-refractivity contribution in [3.8, 4) is 16.9 Å². The number of rotatable bonds is 4. The van der Waals surface area contributed by atoms with Crippen LogP contribution < -0.4 is 10.5 Å². The summed E-state index contributed by atoms with van der Waals surface area (Å²) in [6, 6.07) is 12.0. The fourth-order valence-electron chi connectivity index (χ4n) is 1.89. The van der Waals surface area contributed by atoms with Gasteiger partial charge in [0.15, 0.2) is 0 Å². The molecule has 0 saturated heterocycles. The lowest BCUT2D eigenvalue weighted by Crippen LogP contribution is -1.98. The third-order valence-electron chi connectivity index (χ3n) is 2.87. The molecule has 0 fully saturated rings. The maximum Gasteiger partial charge on any atom is 0.270 e. The second-order valence-corrected chi connectivity index (χ2v) is 4.05. The molecule has 5 nitrogen and oxygen atoms in total. The van der Waals surface area contributed by atoms with Gasteiger partial charge in [-0.2, -0.15) is 0 Å². The normalized spacial score (nSPS) is 10.2. The van der Waals surface area contributed by atoms with Crippen LogP contribution in [0.2, 0.25) is 0 Å². The molecule has 98 valence electrons. The van der Waals surface area contributed by atoms with E-state index in [2.05, 4.69) is 0 Å². The Morgan fingerprint density at radius 2 is 2.05 bits per heavy atom. The van der Waals surface area contributed by atoms with Gasteiger partial charge in [-0.3, -0.25) is 10.1 Å². The van der Waals surface area contributed by atoms with Gasteiger partial charge in [-0.1, -0.05) is 18.2 Å². The summed E-state index contributed by atoms with van der Waals surface area (Å²) in [6.07, 6.45) is 0. The van der Waals surface area contributed by atoms with E-state index in [4.69, 9.17) is 10.5 Å². The van der Waals surface area contributed by atoms with E-state index >= 15 is 0 Å². The van der Waals surface area contributed by atoms with Gasteiger partial charge in [-0.15, -0.1) is 0 Å². The Hall–Kier alpha value is -2.40. The molecule has 0 unspecified atom stereocenters. The number of nitrogens with zero attached hydrogens (tertiary/aromatic N) is 1. The van der Waals surface area contributed by atoms with Crippen molar-refractivity contribution < 1.29 is 9.66 Å². The van der Waals surface area contributed by atoms with Crippen molar-refractivity contribution in [2.45, 2.75) is 6.54 Å². The second-order valence-electron chi connectivity index (χ2n) is 4.05. The minimum absolute atomic E-state index is 0.0534. The maximum atomic E-state index is 10.8. The standard InChI is InChI=1S/C14H14N2O3/c1-19-14-6-5-10(9-15)7-13(14)11-3-2-4-12(8-11)16(17)18/h2-8H,9,15H2,1H3. The Labute approximate surface area is 110 Å². The monoisotopic (exact) mass is 258 g/mol. The van der Waals surface area contributed by atoms with Crippen LogP contribution in [0.1, 0.15) is 5.56 Å². The molecule has 0 radical (unpaired) electrons. The molecular weight excluding hydrogens is 244 g/mol. The van der Waals surface area contributed by atoms with Crippen LogP contribution in [0.4, 0.5) is 5.69 Å². The highest BCUT2D eigenvalue weighted by atomic mass is 16.6. The SMILES string of the molecule is COc1ccc(CN)cc1-c1cccc([N+](=O)[O-])c1. The minimum atomic E-state index is -0.414. The van der Waals surface area contributed by atoms with Gasteiger partial charge in [0.05, 0.1) is 12.0 Å². The van der Waals surface area contributed by atoms with E-state index in [0.717, 1.165) is 16.7 Å². The third kappa shape index (κ3) is 2.71. The molecule has 0 bridgehead atoms. The first-order valence-electron chi connectivity index (χ1n) is 5.77. The van der Waals surface area contributed by atoms with Gasteiger partial charge in [0.2, 0.25) is 0 Å². The Morgan fingerprint density at radius 3 is 2.68 bits per heavy atom. The van der Waals surface area contributed by atoms with Gasteiger partial charge in [-0.05, 0) is 23.3 Å². The molecule has 0 aromatic heterocycles. The van der Waals surface area contributed by atoms with Gasteiger partial charge >= 0.3 is 0 Å². The van der Waals surface area contributed by atoms with E-state index in [9.17, 15) is 10.1 Å². The number of non-ortho nitro benzene ring substituents is 1. The molecule has 0 spiro atoms. The summed E-state index contributed by atoms with van der Waals surface area (Å²) in [5, 5.41) is 10.8. The van der Waals surface area contributed by atoms with Crippen molar-refractivity contribution in [1.29, 1.82) is 0 Å². The molecule has 19 heavy (non-hydrogen) atoms. The zero-order valence-corrected chi connectivity index (χ0v) is 10.5. The molecule has 0 heterocycles. The number of hydrogen-bond acceptors (Lipinski definition) is 4. The molecule has 2 aromatic carbocycles. The first kappa shape index (κ1) is 13.0. The lowest BCUT2D eigenvalue weighted by atomic mass is 10.0. The van der Waals surface area contributed by atoms with Crippen LogP contribution in [-0.2, 0) is 6.54 Å². The maximum absolute atomic E-state index is 10.8. The van der Waals surface area contributed by atoms with Gasteiger partial charge < -0.3 is 10.5 Å². The molecule has 0 aliphatic carbocycles. The van der Waals surface area contributed by atoms with E-state index < -0.39 is 4.92 Å². The number of methoxy groups -OCH3 is 1. The number of nitro groups is 1. The van der Waals surface area contributed by atoms with Crippen LogP contribution in [0.15, 0.2) is 42.5 Å². The molecule has 0 aliphatic heterocycles. The van der Waals surface area contributed by atoms with Gasteiger partial charge in [0.1, 0.15) is 5.75 Å². The third-order valence-corrected chi connectivity index (χ3v) is 2.87. The summed E-state index contributed by atoms with van der Waals surface area (Å²) in [5.41, 5.74) is 8.15. The number of ether oxygens (including phenoxy) is 1. The number of benzene rings is 2. The first-order chi connectivity index (χ1) is 9.15. The van der Waals surface area contributed by atoms with Crippen molar-refractivity contribution in [1.82, 2.24) is 0 Å². The van der Waals surface area contributed by atoms with Gasteiger partial charge in [0, 0.05) is 24.2 Å². The predicted octanol–water partition coefficient (Wildman–Crippen LogP) is 2.73. The number of nitro benzene ring substituents is 1. The van der Waals surface area contributed by atoms with Crippen LogP contribution in [-0.4, -0.2) is 12.0 Å². The van der Waals surface area contributed by atoms with Crippen LogP contribution in [0.3, 0.4) is 0 Å². The summed E-state index contributed by atoms with van der Waals surface area (Å²) < 4.78 is 5.29. The van der Waals surface area contributed by atoms with Crippen molar-refractivity contribution in [2.24, 2.45) is 5.73 Å². The highest BCUT2D eigenvalue weighted by molar-refractivity contribution is 5.73. The zero-order chi connectivity index (χ0) is 13.8. The van der Waals surface area contributed by atoms with Crippen LogP contribution in [0, 0.1) is 10.1 Å². The largest absolute Gasteiger partial charge is 0.496 e. The van der Waals surface area contributed by atoms with E-state index in [1.54, 1.807) is 13.2 Å².